The molecule has 2 amide bonds. The number of hydrogen-bond donors (Lipinski definition) is 1. The van der Waals surface area contributed by atoms with Crippen LogP contribution in [0.2, 0.25) is 0 Å². The van der Waals surface area contributed by atoms with E-state index in [1.54, 1.807) is 30.3 Å². The fourth-order valence-corrected chi connectivity index (χ4v) is 3.04. The third-order valence-electron chi connectivity index (χ3n) is 4.10. The summed E-state index contributed by atoms with van der Waals surface area (Å²) in [4.78, 5) is 26.6. The number of nitrogens with one attached hydrogen (secondary N) is 1. The van der Waals surface area contributed by atoms with Crippen LogP contribution in [0.3, 0.4) is 0 Å². The number of aryl methyl sites for hydroxylation is 1. The van der Waals surface area contributed by atoms with Gasteiger partial charge in [-0.2, -0.15) is 0 Å². The number of benzene rings is 2. The topological polar surface area (TPSA) is 67.9 Å². The molecule has 6 nitrogen and oxygen atoms in total. The van der Waals surface area contributed by atoms with Crippen molar-refractivity contribution >= 4 is 40.9 Å². The van der Waals surface area contributed by atoms with E-state index in [4.69, 9.17) is 21.7 Å². The quantitative estimate of drug-likeness (QED) is 0.503. The summed E-state index contributed by atoms with van der Waals surface area (Å²) >= 11 is 5.19. The molecule has 0 bridgehead atoms. The lowest BCUT2D eigenvalue weighted by Crippen LogP contribution is -2.54. The Bertz CT molecular complexity index is 966. The Kier molecular flexibility index (Phi) is 3.93. The Balaban J connectivity index is 1.71. The van der Waals surface area contributed by atoms with E-state index in [9.17, 15) is 9.59 Å². The molecule has 0 unspecified atom stereocenters. The SMILES string of the molecule is Cc1ccc(N2C(=O)C(=Cc3ccc4c(c3)OCO4)C(=O)NC2=S)cc1. The van der Waals surface area contributed by atoms with Gasteiger partial charge in [0, 0.05) is 0 Å². The molecule has 2 heterocycles. The molecule has 1 fully saturated rings. The third kappa shape index (κ3) is 2.82. The summed E-state index contributed by atoms with van der Waals surface area (Å²) in [5.41, 5.74) is 2.31. The van der Waals surface area contributed by atoms with Crippen LogP contribution in [0, 0.1) is 6.92 Å². The van der Waals surface area contributed by atoms with Crippen LogP contribution in [0.4, 0.5) is 5.69 Å². The molecule has 2 aromatic rings. The maximum atomic E-state index is 12.9. The number of ether oxygens (including phenoxy) is 2. The van der Waals surface area contributed by atoms with Crippen molar-refractivity contribution in [1.82, 2.24) is 5.32 Å². The van der Waals surface area contributed by atoms with E-state index in [-0.39, 0.29) is 17.5 Å². The smallest absolute Gasteiger partial charge is 0.270 e. The van der Waals surface area contributed by atoms with Crippen molar-refractivity contribution in [2.45, 2.75) is 6.92 Å². The number of amides is 2. The van der Waals surface area contributed by atoms with E-state index in [0.717, 1.165) is 5.56 Å². The normalized spacial score (nSPS) is 17.7. The maximum absolute atomic E-state index is 12.9. The molecule has 26 heavy (non-hydrogen) atoms. The van der Waals surface area contributed by atoms with Gasteiger partial charge in [-0.25, -0.2) is 0 Å². The summed E-state index contributed by atoms with van der Waals surface area (Å²) in [6.07, 6.45) is 1.52. The highest BCUT2D eigenvalue weighted by molar-refractivity contribution is 7.80. The first-order valence-electron chi connectivity index (χ1n) is 7.91. The lowest BCUT2D eigenvalue weighted by molar-refractivity contribution is -0.122. The number of anilines is 1. The largest absolute Gasteiger partial charge is 0.454 e. The molecular formula is C19H14N2O4S. The van der Waals surface area contributed by atoms with E-state index < -0.39 is 11.8 Å². The maximum Gasteiger partial charge on any atom is 0.270 e. The molecule has 2 aliphatic rings. The lowest BCUT2D eigenvalue weighted by Gasteiger charge is -2.29. The summed E-state index contributed by atoms with van der Waals surface area (Å²) in [7, 11) is 0. The molecular weight excluding hydrogens is 352 g/mol. The number of fused-ring (bicyclic) bond motifs is 1. The van der Waals surface area contributed by atoms with E-state index >= 15 is 0 Å². The second-order valence-corrected chi connectivity index (χ2v) is 6.29. The highest BCUT2D eigenvalue weighted by Crippen LogP contribution is 2.33. The van der Waals surface area contributed by atoms with Crippen LogP contribution in [0.15, 0.2) is 48.0 Å². The van der Waals surface area contributed by atoms with Gasteiger partial charge < -0.3 is 9.47 Å². The minimum absolute atomic E-state index is 0.00181. The fraction of sp³-hybridized carbons (Fsp3) is 0.105. The molecule has 0 aromatic heterocycles. The summed E-state index contributed by atoms with van der Waals surface area (Å²) < 4.78 is 10.6. The van der Waals surface area contributed by atoms with E-state index in [1.165, 1.54) is 11.0 Å². The van der Waals surface area contributed by atoms with Crippen molar-refractivity contribution in [3.8, 4) is 11.5 Å². The average molecular weight is 366 g/mol. The zero-order valence-electron chi connectivity index (χ0n) is 13.8. The van der Waals surface area contributed by atoms with Gasteiger partial charge in [0.2, 0.25) is 6.79 Å². The average Bonchev–Trinajstić information content (AvgIpc) is 3.08. The Morgan fingerprint density at radius 3 is 2.58 bits per heavy atom. The Labute approximate surface area is 155 Å². The molecule has 7 heteroatoms. The second-order valence-electron chi connectivity index (χ2n) is 5.91. The van der Waals surface area contributed by atoms with Gasteiger partial charge in [-0.15, -0.1) is 0 Å². The summed E-state index contributed by atoms with van der Waals surface area (Å²) in [5, 5.41) is 2.63. The fourth-order valence-electron chi connectivity index (χ4n) is 2.76. The molecule has 4 rings (SSSR count). The number of nitrogens with zero attached hydrogens (tertiary/aromatic N) is 1. The van der Waals surface area contributed by atoms with Crippen molar-refractivity contribution in [2.24, 2.45) is 0 Å². The predicted octanol–water partition coefficient (Wildman–Crippen LogP) is 2.56. The van der Waals surface area contributed by atoms with Gasteiger partial charge in [0.05, 0.1) is 5.69 Å². The van der Waals surface area contributed by atoms with Crippen molar-refractivity contribution < 1.29 is 19.1 Å². The number of rotatable bonds is 2. The molecule has 0 spiro atoms. The molecule has 2 aliphatic heterocycles. The Morgan fingerprint density at radius 1 is 1.08 bits per heavy atom. The highest BCUT2D eigenvalue weighted by Gasteiger charge is 2.34. The molecule has 0 radical (unpaired) electrons. The number of carbonyl (C=O) groups is 2. The molecule has 2 aromatic carbocycles. The van der Waals surface area contributed by atoms with Crippen LogP contribution in [0.1, 0.15) is 11.1 Å². The first-order chi connectivity index (χ1) is 12.5. The van der Waals surface area contributed by atoms with Crippen LogP contribution in [0.5, 0.6) is 11.5 Å². The first kappa shape index (κ1) is 16.3. The van der Waals surface area contributed by atoms with Gasteiger partial charge in [0.1, 0.15) is 5.57 Å². The van der Waals surface area contributed by atoms with Crippen molar-refractivity contribution in [3.63, 3.8) is 0 Å². The Hall–Kier alpha value is -3.19. The van der Waals surface area contributed by atoms with Gasteiger partial charge in [-0.1, -0.05) is 23.8 Å². The second kappa shape index (κ2) is 6.27. The molecule has 1 saturated heterocycles. The third-order valence-corrected chi connectivity index (χ3v) is 4.39. The summed E-state index contributed by atoms with van der Waals surface area (Å²) in [5.74, 6) is 0.212. The lowest BCUT2D eigenvalue weighted by atomic mass is 10.1. The molecule has 0 aliphatic carbocycles. The number of hydrogen-bond acceptors (Lipinski definition) is 5. The van der Waals surface area contributed by atoms with Gasteiger partial charge in [0.15, 0.2) is 16.6 Å². The van der Waals surface area contributed by atoms with E-state index in [0.29, 0.717) is 22.7 Å². The first-order valence-corrected chi connectivity index (χ1v) is 8.31. The standard InChI is InChI=1S/C19H14N2O4S/c1-11-2-5-13(6-3-11)21-18(23)14(17(22)20-19(21)26)8-12-4-7-15-16(9-12)25-10-24-15/h2-9H,10H2,1H3,(H,20,22,26). The predicted molar refractivity (Wildman–Crippen MR) is 99.9 cm³/mol. The van der Waals surface area contributed by atoms with Crippen LogP contribution < -0.4 is 19.7 Å². The van der Waals surface area contributed by atoms with E-state index in [2.05, 4.69) is 5.32 Å². The van der Waals surface area contributed by atoms with Gasteiger partial charge in [-0.05, 0) is 55.0 Å². The molecule has 0 saturated carbocycles. The van der Waals surface area contributed by atoms with Crippen LogP contribution in [-0.2, 0) is 9.59 Å². The minimum Gasteiger partial charge on any atom is -0.454 e. The van der Waals surface area contributed by atoms with Crippen molar-refractivity contribution in [3.05, 3.63) is 59.2 Å². The molecule has 130 valence electrons. The minimum atomic E-state index is -0.527. The Morgan fingerprint density at radius 2 is 1.81 bits per heavy atom. The highest BCUT2D eigenvalue weighted by atomic mass is 32.1. The zero-order chi connectivity index (χ0) is 18.3. The monoisotopic (exact) mass is 366 g/mol. The van der Waals surface area contributed by atoms with Crippen LogP contribution in [0.25, 0.3) is 6.08 Å². The van der Waals surface area contributed by atoms with Gasteiger partial charge in [-0.3, -0.25) is 19.8 Å². The van der Waals surface area contributed by atoms with Crippen LogP contribution in [-0.4, -0.2) is 23.7 Å². The molecule has 1 N–H and O–H groups in total. The summed E-state index contributed by atoms with van der Waals surface area (Å²) in [6.45, 7) is 2.11. The zero-order valence-corrected chi connectivity index (χ0v) is 14.6. The van der Waals surface area contributed by atoms with Gasteiger partial charge >= 0.3 is 0 Å². The molecule has 0 atom stereocenters. The van der Waals surface area contributed by atoms with Crippen molar-refractivity contribution in [2.75, 3.05) is 11.7 Å². The van der Waals surface area contributed by atoms with E-state index in [1.807, 2.05) is 19.1 Å². The number of thiocarbonyl (C=S) groups is 1. The summed E-state index contributed by atoms with van der Waals surface area (Å²) in [6, 6.07) is 12.5. The number of carbonyl (C=O) groups excluding carboxylic acids is 2. The van der Waals surface area contributed by atoms with Crippen LogP contribution >= 0.6 is 12.2 Å². The van der Waals surface area contributed by atoms with Gasteiger partial charge in [0.25, 0.3) is 11.8 Å². The van der Waals surface area contributed by atoms with Crippen molar-refractivity contribution in [1.29, 1.82) is 0 Å².